The Hall–Kier alpha value is -2.25. The van der Waals surface area contributed by atoms with E-state index in [9.17, 15) is 13.6 Å². The number of carbonyl (C=O) groups is 1. The fourth-order valence-corrected chi connectivity index (χ4v) is 2.07. The van der Waals surface area contributed by atoms with E-state index in [1.54, 1.807) is 6.07 Å². The zero-order valence-electron chi connectivity index (χ0n) is 10.1. The largest absolute Gasteiger partial charge is 0.292 e. The zero-order valence-corrected chi connectivity index (χ0v) is 10.9. The summed E-state index contributed by atoms with van der Waals surface area (Å²) in [6, 6.07) is 10.5. The van der Waals surface area contributed by atoms with Crippen molar-refractivity contribution in [3.8, 4) is 6.07 Å². The molecule has 0 radical (unpaired) electrons. The Morgan fingerprint density at radius 1 is 1.15 bits per heavy atom. The minimum absolute atomic E-state index is 0.0580. The first-order valence-electron chi connectivity index (χ1n) is 5.68. The van der Waals surface area contributed by atoms with E-state index in [2.05, 4.69) is 0 Å². The topological polar surface area (TPSA) is 40.9 Å². The van der Waals surface area contributed by atoms with E-state index in [-0.39, 0.29) is 10.6 Å². The molecule has 2 rings (SSSR count). The van der Waals surface area contributed by atoms with Crippen LogP contribution >= 0.6 is 11.6 Å². The third-order valence-electron chi connectivity index (χ3n) is 2.80. The zero-order chi connectivity index (χ0) is 14.7. The van der Waals surface area contributed by atoms with Crippen LogP contribution < -0.4 is 0 Å². The number of benzene rings is 2. The summed E-state index contributed by atoms with van der Waals surface area (Å²) in [5.74, 6) is -3.25. The predicted molar refractivity (Wildman–Crippen MR) is 70.5 cm³/mol. The molecule has 0 amide bonds. The molecule has 0 fully saturated rings. The lowest BCUT2D eigenvalue weighted by Crippen LogP contribution is -2.13. The van der Waals surface area contributed by atoms with E-state index in [4.69, 9.17) is 16.9 Å². The van der Waals surface area contributed by atoms with Crippen molar-refractivity contribution in [2.24, 2.45) is 0 Å². The summed E-state index contributed by atoms with van der Waals surface area (Å²) in [5.41, 5.74) is -0.0386. The molecule has 2 aromatic carbocycles. The van der Waals surface area contributed by atoms with Crippen molar-refractivity contribution < 1.29 is 13.6 Å². The van der Waals surface area contributed by atoms with Crippen molar-refractivity contribution in [1.29, 1.82) is 5.26 Å². The molecule has 100 valence electrons. The maximum Gasteiger partial charge on any atom is 0.188 e. The van der Waals surface area contributed by atoms with Crippen molar-refractivity contribution >= 4 is 17.4 Å². The SMILES string of the molecule is N#CC(C(=O)c1c(F)cccc1Cl)c1ccc(F)cc1. The number of ketones is 1. The highest BCUT2D eigenvalue weighted by molar-refractivity contribution is 6.34. The van der Waals surface area contributed by atoms with Gasteiger partial charge >= 0.3 is 0 Å². The maximum atomic E-state index is 13.7. The Morgan fingerprint density at radius 3 is 2.35 bits per heavy atom. The molecule has 0 aromatic heterocycles. The van der Waals surface area contributed by atoms with Gasteiger partial charge in [-0.1, -0.05) is 29.8 Å². The van der Waals surface area contributed by atoms with E-state index < -0.39 is 23.3 Å². The summed E-state index contributed by atoms with van der Waals surface area (Å²) in [4.78, 5) is 12.3. The van der Waals surface area contributed by atoms with Gasteiger partial charge in [0.25, 0.3) is 0 Å². The third kappa shape index (κ3) is 2.68. The summed E-state index contributed by atoms with van der Waals surface area (Å²) < 4.78 is 26.6. The van der Waals surface area contributed by atoms with Crippen LogP contribution in [-0.2, 0) is 0 Å². The smallest absolute Gasteiger partial charge is 0.188 e. The normalized spacial score (nSPS) is 11.7. The molecule has 0 saturated carbocycles. The molecule has 1 atom stereocenters. The van der Waals surface area contributed by atoms with Crippen LogP contribution in [0.5, 0.6) is 0 Å². The molecule has 2 nitrogen and oxygen atoms in total. The van der Waals surface area contributed by atoms with Crippen LogP contribution in [0.4, 0.5) is 8.78 Å². The van der Waals surface area contributed by atoms with Crippen molar-refractivity contribution in [2.45, 2.75) is 5.92 Å². The van der Waals surface area contributed by atoms with Crippen LogP contribution in [0, 0.1) is 23.0 Å². The van der Waals surface area contributed by atoms with Crippen LogP contribution in [0.1, 0.15) is 21.8 Å². The van der Waals surface area contributed by atoms with Crippen LogP contribution in [0.2, 0.25) is 5.02 Å². The lowest BCUT2D eigenvalue weighted by Gasteiger charge is -2.10. The number of Topliss-reactive ketones (excluding diaryl/α,β-unsaturated/α-hetero) is 1. The van der Waals surface area contributed by atoms with E-state index in [1.807, 2.05) is 0 Å². The monoisotopic (exact) mass is 291 g/mol. The highest BCUT2D eigenvalue weighted by Gasteiger charge is 2.26. The Balaban J connectivity index is 2.45. The molecule has 0 heterocycles. The molecule has 2 aromatic rings. The fraction of sp³-hybridized carbons (Fsp3) is 0.0667. The molecule has 20 heavy (non-hydrogen) atoms. The summed E-state index contributed by atoms with van der Waals surface area (Å²) >= 11 is 5.81. The molecular weight excluding hydrogens is 284 g/mol. The first-order valence-corrected chi connectivity index (χ1v) is 6.05. The van der Waals surface area contributed by atoms with Crippen molar-refractivity contribution in [3.05, 3.63) is 70.2 Å². The number of nitrogens with zero attached hydrogens (tertiary/aromatic N) is 1. The van der Waals surface area contributed by atoms with Gasteiger partial charge in [0.2, 0.25) is 0 Å². The first kappa shape index (κ1) is 14.2. The van der Waals surface area contributed by atoms with Gasteiger partial charge in [0.15, 0.2) is 5.78 Å². The second kappa shape index (κ2) is 5.81. The van der Waals surface area contributed by atoms with Crippen LogP contribution in [0.25, 0.3) is 0 Å². The summed E-state index contributed by atoms with van der Waals surface area (Å²) in [5, 5.41) is 9.07. The third-order valence-corrected chi connectivity index (χ3v) is 3.12. The summed E-state index contributed by atoms with van der Waals surface area (Å²) in [7, 11) is 0. The number of hydrogen-bond donors (Lipinski definition) is 0. The molecular formula is C15H8ClF2NO. The van der Waals surface area contributed by atoms with Gasteiger partial charge in [-0.2, -0.15) is 5.26 Å². The average Bonchev–Trinajstić information content (AvgIpc) is 2.41. The second-order valence-electron chi connectivity index (χ2n) is 4.07. The molecule has 0 spiro atoms. The van der Waals surface area contributed by atoms with Crippen LogP contribution in [0.3, 0.4) is 0 Å². The Labute approximate surface area is 119 Å². The van der Waals surface area contributed by atoms with E-state index in [0.717, 1.165) is 18.2 Å². The first-order chi connectivity index (χ1) is 9.54. The van der Waals surface area contributed by atoms with E-state index >= 15 is 0 Å². The molecule has 0 bridgehead atoms. The van der Waals surface area contributed by atoms with Gasteiger partial charge in [-0.3, -0.25) is 4.79 Å². The predicted octanol–water partition coefficient (Wildman–Crippen LogP) is 4.11. The molecule has 5 heteroatoms. The van der Waals surface area contributed by atoms with Crippen LogP contribution in [-0.4, -0.2) is 5.78 Å². The molecule has 0 saturated heterocycles. The van der Waals surface area contributed by atoms with E-state index in [1.165, 1.54) is 24.3 Å². The minimum Gasteiger partial charge on any atom is -0.292 e. The Kier molecular flexibility index (Phi) is 4.11. The summed E-state index contributed by atoms with van der Waals surface area (Å²) in [6.07, 6.45) is 0. The lowest BCUT2D eigenvalue weighted by molar-refractivity contribution is 0.0975. The van der Waals surface area contributed by atoms with Gasteiger partial charge < -0.3 is 0 Å². The van der Waals surface area contributed by atoms with Gasteiger partial charge in [0, 0.05) is 0 Å². The van der Waals surface area contributed by atoms with Gasteiger partial charge in [0.1, 0.15) is 17.6 Å². The minimum atomic E-state index is -1.23. The van der Waals surface area contributed by atoms with E-state index in [0.29, 0.717) is 5.56 Å². The molecule has 0 N–H and O–H groups in total. The Bertz CT molecular complexity index is 672. The fourth-order valence-electron chi connectivity index (χ4n) is 1.82. The quantitative estimate of drug-likeness (QED) is 0.799. The lowest BCUT2D eigenvalue weighted by atomic mass is 9.91. The number of hydrogen-bond acceptors (Lipinski definition) is 2. The average molecular weight is 292 g/mol. The molecule has 0 aliphatic rings. The van der Waals surface area contributed by atoms with Gasteiger partial charge in [-0.05, 0) is 29.8 Å². The van der Waals surface area contributed by atoms with Crippen molar-refractivity contribution in [2.75, 3.05) is 0 Å². The number of halogens is 3. The molecule has 1 unspecified atom stereocenters. The highest BCUT2D eigenvalue weighted by atomic mass is 35.5. The van der Waals surface area contributed by atoms with Crippen molar-refractivity contribution in [1.82, 2.24) is 0 Å². The number of carbonyl (C=O) groups excluding carboxylic acids is 1. The second-order valence-corrected chi connectivity index (χ2v) is 4.48. The molecule has 0 aliphatic heterocycles. The maximum absolute atomic E-state index is 13.7. The van der Waals surface area contributed by atoms with Gasteiger partial charge in [0.05, 0.1) is 16.7 Å². The van der Waals surface area contributed by atoms with Crippen LogP contribution in [0.15, 0.2) is 42.5 Å². The summed E-state index contributed by atoms with van der Waals surface area (Å²) in [6.45, 7) is 0. The number of rotatable bonds is 3. The van der Waals surface area contributed by atoms with Crippen molar-refractivity contribution in [3.63, 3.8) is 0 Å². The molecule has 0 aliphatic carbocycles. The standard InChI is InChI=1S/C15H8ClF2NO/c16-12-2-1-3-13(18)14(12)15(20)11(8-19)9-4-6-10(17)7-5-9/h1-7,11H. The Morgan fingerprint density at radius 2 is 1.80 bits per heavy atom. The van der Waals surface area contributed by atoms with Gasteiger partial charge in [-0.15, -0.1) is 0 Å². The number of nitriles is 1. The van der Waals surface area contributed by atoms with Gasteiger partial charge in [-0.25, -0.2) is 8.78 Å². The highest BCUT2D eigenvalue weighted by Crippen LogP contribution is 2.27.